The highest BCUT2D eigenvalue weighted by Crippen LogP contribution is 2.16. The van der Waals surface area contributed by atoms with Gasteiger partial charge in [0.2, 0.25) is 11.7 Å². The Labute approximate surface area is 116 Å². The maximum atomic E-state index is 5.21. The first-order valence-electron chi connectivity index (χ1n) is 6.56. The van der Waals surface area contributed by atoms with Crippen LogP contribution < -0.4 is 5.32 Å². The number of hydrogen-bond acceptors (Lipinski definition) is 5. The molecular formula is C15H15N3O2. The Hall–Kier alpha value is -2.56. The van der Waals surface area contributed by atoms with E-state index in [1.165, 1.54) is 0 Å². The number of nitrogens with one attached hydrogen (secondary N) is 1. The molecule has 5 heteroatoms. The molecule has 2 heterocycles. The Morgan fingerprint density at radius 2 is 2.00 bits per heavy atom. The van der Waals surface area contributed by atoms with Gasteiger partial charge in [-0.05, 0) is 24.6 Å². The molecule has 5 nitrogen and oxygen atoms in total. The van der Waals surface area contributed by atoms with Gasteiger partial charge in [-0.2, -0.15) is 4.98 Å². The number of anilines is 1. The summed E-state index contributed by atoms with van der Waals surface area (Å²) in [6, 6.07) is 11.9. The Kier molecular flexibility index (Phi) is 3.78. The molecule has 0 radical (unpaired) electrons. The minimum atomic E-state index is 0.574. The van der Waals surface area contributed by atoms with Crippen LogP contribution in [0.2, 0.25) is 0 Å². The average molecular weight is 269 g/mol. The number of nitrogens with zero attached hydrogens (tertiary/aromatic N) is 2. The third kappa shape index (κ3) is 3.06. The molecule has 20 heavy (non-hydrogen) atoms. The fourth-order valence-electron chi connectivity index (χ4n) is 1.89. The summed E-state index contributed by atoms with van der Waals surface area (Å²) in [5, 5.41) is 7.27. The van der Waals surface area contributed by atoms with E-state index in [2.05, 4.69) is 15.5 Å². The van der Waals surface area contributed by atoms with E-state index in [0.717, 1.165) is 30.6 Å². The largest absolute Gasteiger partial charge is 0.472 e. The monoisotopic (exact) mass is 269 g/mol. The van der Waals surface area contributed by atoms with E-state index in [4.69, 9.17) is 8.94 Å². The number of aromatic nitrogens is 2. The number of hydrogen-bond donors (Lipinski definition) is 1. The predicted octanol–water partition coefficient (Wildman–Crippen LogP) is 3.37. The smallest absolute Gasteiger partial charge is 0.227 e. The van der Waals surface area contributed by atoms with Gasteiger partial charge < -0.3 is 14.3 Å². The Morgan fingerprint density at radius 1 is 1.10 bits per heavy atom. The van der Waals surface area contributed by atoms with Crippen LogP contribution in [0.3, 0.4) is 0 Å². The fraction of sp³-hybridized carbons (Fsp3) is 0.200. The van der Waals surface area contributed by atoms with Crippen LogP contribution in [-0.4, -0.2) is 16.7 Å². The van der Waals surface area contributed by atoms with Crippen molar-refractivity contribution >= 4 is 5.69 Å². The minimum absolute atomic E-state index is 0.574. The molecule has 2 aromatic heterocycles. The first kappa shape index (κ1) is 12.5. The van der Waals surface area contributed by atoms with Crippen molar-refractivity contribution in [2.75, 3.05) is 11.9 Å². The van der Waals surface area contributed by atoms with Gasteiger partial charge >= 0.3 is 0 Å². The van der Waals surface area contributed by atoms with E-state index in [-0.39, 0.29) is 0 Å². The molecule has 0 aliphatic carbocycles. The summed E-state index contributed by atoms with van der Waals surface area (Å²) in [5.41, 5.74) is 1.96. The molecule has 0 aliphatic heterocycles. The second-order valence-electron chi connectivity index (χ2n) is 4.42. The van der Waals surface area contributed by atoms with Crippen molar-refractivity contribution in [2.24, 2.45) is 0 Å². The molecule has 3 rings (SSSR count). The lowest BCUT2D eigenvalue weighted by molar-refractivity contribution is 0.377. The lowest BCUT2D eigenvalue weighted by Gasteiger charge is -2.03. The lowest BCUT2D eigenvalue weighted by Crippen LogP contribution is -2.02. The predicted molar refractivity (Wildman–Crippen MR) is 75.3 cm³/mol. The average Bonchev–Trinajstić information content (AvgIpc) is 3.15. The van der Waals surface area contributed by atoms with Crippen LogP contribution in [0.5, 0.6) is 0 Å². The molecule has 0 fully saturated rings. The highest BCUT2D eigenvalue weighted by atomic mass is 16.5. The summed E-state index contributed by atoms with van der Waals surface area (Å²) in [7, 11) is 0. The molecule has 0 amide bonds. The summed E-state index contributed by atoms with van der Waals surface area (Å²) in [6.07, 6.45) is 4.88. The van der Waals surface area contributed by atoms with Crippen LogP contribution >= 0.6 is 0 Å². The molecule has 0 saturated carbocycles. The van der Waals surface area contributed by atoms with Crippen molar-refractivity contribution in [1.29, 1.82) is 0 Å². The van der Waals surface area contributed by atoms with Crippen LogP contribution in [0.4, 0.5) is 5.69 Å². The van der Waals surface area contributed by atoms with Gasteiger partial charge in [0.25, 0.3) is 0 Å². The van der Waals surface area contributed by atoms with Crippen molar-refractivity contribution in [2.45, 2.75) is 12.8 Å². The third-order valence-electron chi connectivity index (χ3n) is 2.92. The SMILES string of the molecule is c1ccc(NCCCc2nc(-c3ccoc3)no2)cc1. The first-order valence-corrected chi connectivity index (χ1v) is 6.56. The molecule has 0 aliphatic rings. The molecule has 3 aromatic rings. The molecular weight excluding hydrogens is 254 g/mol. The lowest BCUT2D eigenvalue weighted by atomic mass is 10.2. The standard InChI is InChI=1S/C15H15N3O2/c1-2-5-13(6-3-1)16-9-4-7-14-17-15(18-20-14)12-8-10-19-11-12/h1-3,5-6,8,10-11,16H,4,7,9H2. The molecule has 0 spiro atoms. The molecule has 0 atom stereocenters. The highest BCUT2D eigenvalue weighted by Gasteiger charge is 2.08. The number of aryl methyl sites for hydroxylation is 1. The molecule has 1 N–H and O–H groups in total. The van der Waals surface area contributed by atoms with Crippen molar-refractivity contribution in [3.05, 3.63) is 54.8 Å². The summed E-state index contributed by atoms with van der Waals surface area (Å²) < 4.78 is 10.2. The third-order valence-corrected chi connectivity index (χ3v) is 2.92. The van der Waals surface area contributed by atoms with Crippen LogP contribution in [0.25, 0.3) is 11.4 Å². The van der Waals surface area contributed by atoms with Gasteiger partial charge in [0, 0.05) is 18.7 Å². The van der Waals surface area contributed by atoms with Crippen molar-refractivity contribution in [3.63, 3.8) is 0 Å². The number of rotatable bonds is 6. The summed E-state index contributed by atoms with van der Waals surface area (Å²) in [5.74, 6) is 1.22. The quantitative estimate of drug-likeness (QED) is 0.695. The topological polar surface area (TPSA) is 64.1 Å². The van der Waals surface area contributed by atoms with Gasteiger partial charge in [-0.1, -0.05) is 23.4 Å². The van der Waals surface area contributed by atoms with E-state index < -0.39 is 0 Å². The highest BCUT2D eigenvalue weighted by molar-refractivity contribution is 5.51. The summed E-state index contributed by atoms with van der Waals surface area (Å²) in [4.78, 5) is 4.33. The van der Waals surface area contributed by atoms with Crippen molar-refractivity contribution < 1.29 is 8.94 Å². The van der Waals surface area contributed by atoms with Gasteiger partial charge in [-0.15, -0.1) is 0 Å². The number of furan rings is 1. The molecule has 1 aromatic carbocycles. The fourth-order valence-corrected chi connectivity index (χ4v) is 1.89. The van der Waals surface area contributed by atoms with E-state index in [0.29, 0.717) is 11.7 Å². The van der Waals surface area contributed by atoms with Crippen LogP contribution in [0.1, 0.15) is 12.3 Å². The normalized spacial score (nSPS) is 10.6. The van der Waals surface area contributed by atoms with Gasteiger partial charge in [0.15, 0.2) is 0 Å². The maximum Gasteiger partial charge on any atom is 0.227 e. The zero-order chi connectivity index (χ0) is 13.6. The molecule has 0 bridgehead atoms. The van der Waals surface area contributed by atoms with Crippen molar-refractivity contribution in [3.8, 4) is 11.4 Å². The van der Waals surface area contributed by atoms with Crippen molar-refractivity contribution in [1.82, 2.24) is 10.1 Å². The van der Waals surface area contributed by atoms with E-state index in [1.807, 2.05) is 36.4 Å². The van der Waals surface area contributed by atoms with Gasteiger partial charge in [-0.3, -0.25) is 0 Å². The minimum Gasteiger partial charge on any atom is -0.472 e. The van der Waals surface area contributed by atoms with Gasteiger partial charge in [0.1, 0.15) is 6.26 Å². The van der Waals surface area contributed by atoms with Crippen LogP contribution in [0.15, 0.2) is 57.9 Å². The Bertz CT molecular complexity index is 632. The maximum absolute atomic E-state index is 5.21. The summed E-state index contributed by atoms with van der Waals surface area (Å²) in [6.45, 7) is 0.868. The van der Waals surface area contributed by atoms with Crippen LogP contribution in [-0.2, 0) is 6.42 Å². The molecule has 0 unspecified atom stereocenters. The zero-order valence-corrected chi connectivity index (χ0v) is 11.0. The van der Waals surface area contributed by atoms with Gasteiger partial charge in [-0.25, -0.2) is 0 Å². The van der Waals surface area contributed by atoms with Gasteiger partial charge in [0.05, 0.1) is 11.8 Å². The number of benzene rings is 1. The Morgan fingerprint density at radius 3 is 2.80 bits per heavy atom. The van der Waals surface area contributed by atoms with E-state index in [9.17, 15) is 0 Å². The first-order chi connectivity index (χ1) is 9.92. The zero-order valence-electron chi connectivity index (χ0n) is 11.0. The molecule has 102 valence electrons. The number of para-hydroxylation sites is 1. The van der Waals surface area contributed by atoms with Crippen LogP contribution in [0, 0.1) is 0 Å². The Balaban J connectivity index is 1.47. The second-order valence-corrected chi connectivity index (χ2v) is 4.42. The molecule has 0 saturated heterocycles. The van der Waals surface area contributed by atoms with E-state index >= 15 is 0 Å². The summed E-state index contributed by atoms with van der Waals surface area (Å²) >= 11 is 0. The van der Waals surface area contributed by atoms with E-state index in [1.54, 1.807) is 12.5 Å². The second kappa shape index (κ2) is 6.06.